The topological polar surface area (TPSA) is 32.3 Å². The van der Waals surface area contributed by atoms with Crippen molar-refractivity contribution in [3.8, 4) is 0 Å². The number of hydrogen-bond donors (Lipinski definition) is 1. The molecule has 0 aliphatic heterocycles. The van der Waals surface area contributed by atoms with E-state index in [2.05, 4.69) is 12.2 Å². The first-order valence-corrected chi connectivity index (χ1v) is 6.53. The van der Waals surface area contributed by atoms with Crippen molar-refractivity contribution in [2.45, 2.75) is 19.3 Å². The first kappa shape index (κ1) is 15.0. The first-order valence-electron chi connectivity index (χ1n) is 6.16. The third-order valence-electron chi connectivity index (χ3n) is 2.81. The lowest BCUT2D eigenvalue weighted by Gasteiger charge is -2.13. The van der Waals surface area contributed by atoms with Crippen LogP contribution in [0.15, 0.2) is 24.3 Å². The average molecular weight is 269 g/mol. The normalized spacial score (nSPS) is 12.5. The summed E-state index contributed by atoms with van der Waals surface area (Å²) in [5.74, 6) is 0.306. The zero-order valence-corrected chi connectivity index (χ0v) is 12.0. The summed E-state index contributed by atoms with van der Waals surface area (Å²) in [5.41, 5.74) is 1.14. The van der Waals surface area contributed by atoms with E-state index in [4.69, 9.17) is 11.6 Å². The Morgan fingerprint density at radius 1 is 1.33 bits per heavy atom. The van der Waals surface area contributed by atoms with Crippen molar-refractivity contribution in [1.82, 2.24) is 10.2 Å². The van der Waals surface area contributed by atoms with Crippen molar-refractivity contribution in [1.29, 1.82) is 0 Å². The van der Waals surface area contributed by atoms with E-state index >= 15 is 0 Å². The van der Waals surface area contributed by atoms with Crippen LogP contribution in [-0.2, 0) is 4.79 Å². The van der Waals surface area contributed by atoms with Crippen molar-refractivity contribution in [3.63, 3.8) is 0 Å². The predicted molar refractivity (Wildman–Crippen MR) is 76.0 cm³/mol. The van der Waals surface area contributed by atoms with Gasteiger partial charge in [-0.2, -0.15) is 0 Å². The van der Waals surface area contributed by atoms with Crippen LogP contribution in [0.4, 0.5) is 0 Å². The van der Waals surface area contributed by atoms with Gasteiger partial charge < -0.3 is 10.2 Å². The standard InChI is InChI=1S/C14H21ClN2O/c1-11(12-4-6-13(15)7-5-12)10-14(18)16-8-9-17(2)3/h4-7,11H,8-10H2,1-3H3,(H,16,18)/t11-/m0/s1. The van der Waals surface area contributed by atoms with Gasteiger partial charge in [0.15, 0.2) is 0 Å². The highest BCUT2D eigenvalue weighted by atomic mass is 35.5. The third kappa shape index (κ3) is 5.52. The molecule has 100 valence electrons. The maximum absolute atomic E-state index is 11.7. The number of nitrogens with one attached hydrogen (secondary N) is 1. The number of carbonyl (C=O) groups excluding carboxylic acids is 1. The van der Waals surface area contributed by atoms with Crippen molar-refractivity contribution in [2.75, 3.05) is 27.2 Å². The fourth-order valence-electron chi connectivity index (χ4n) is 1.68. The van der Waals surface area contributed by atoms with Crippen LogP contribution in [0.1, 0.15) is 24.8 Å². The van der Waals surface area contributed by atoms with Crippen LogP contribution in [0.25, 0.3) is 0 Å². The molecule has 0 fully saturated rings. The largest absolute Gasteiger partial charge is 0.355 e. The number of amides is 1. The van der Waals surface area contributed by atoms with Crippen LogP contribution >= 0.6 is 11.6 Å². The fraction of sp³-hybridized carbons (Fsp3) is 0.500. The minimum absolute atomic E-state index is 0.0966. The Balaban J connectivity index is 2.37. The second-order valence-corrected chi connectivity index (χ2v) is 5.25. The van der Waals surface area contributed by atoms with Crippen LogP contribution in [0.2, 0.25) is 5.02 Å². The lowest BCUT2D eigenvalue weighted by molar-refractivity contribution is -0.121. The van der Waals surface area contributed by atoms with Gasteiger partial charge in [0, 0.05) is 24.5 Å². The van der Waals surface area contributed by atoms with Crippen molar-refractivity contribution in [2.24, 2.45) is 0 Å². The SMILES string of the molecule is C[C@@H](CC(=O)NCCN(C)C)c1ccc(Cl)cc1. The van der Waals surface area contributed by atoms with Crippen LogP contribution in [0.3, 0.4) is 0 Å². The first-order chi connectivity index (χ1) is 8.49. The van der Waals surface area contributed by atoms with Crippen LogP contribution in [-0.4, -0.2) is 38.0 Å². The quantitative estimate of drug-likeness (QED) is 0.860. The second-order valence-electron chi connectivity index (χ2n) is 4.81. The number of benzene rings is 1. The molecule has 1 aromatic carbocycles. The fourth-order valence-corrected chi connectivity index (χ4v) is 1.80. The Bertz CT molecular complexity index is 376. The maximum atomic E-state index is 11.7. The molecule has 1 N–H and O–H groups in total. The number of likely N-dealkylation sites (N-methyl/N-ethyl adjacent to an activating group) is 1. The van der Waals surface area contributed by atoms with Gasteiger partial charge >= 0.3 is 0 Å². The van der Waals surface area contributed by atoms with Crippen LogP contribution in [0.5, 0.6) is 0 Å². The molecule has 0 saturated carbocycles. The Labute approximate surface area is 114 Å². The molecule has 0 aliphatic rings. The summed E-state index contributed by atoms with van der Waals surface area (Å²) in [6.45, 7) is 3.61. The van der Waals surface area contributed by atoms with E-state index in [1.807, 2.05) is 43.3 Å². The molecule has 0 unspecified atom stereocenters. The molecule has 0 bridgehead atoms. The number of rotatable bonds is 6. The zero-order valence-electron chi connectivity index (χ0n) is 11.2. The number of hydrogen-bond acceptors (Lipinski definition) is 2. The van der Waals surface area contributed by atoms with E-state index < -0.39 is 0 Å². The van der Waals surface area contributed by atoms with Gasteiger partial charge in [-0.15, -0.1) is 0 Å². The lowest BCUT2D eigenvalue weighted by Crippen LogP contribution is -2.31. The molecule has 0 saturated heterocycles. The molecule has 3 nitrogen and oxygen atoms in total. The van der Waals surface area contributed by atoms with Crippen molar-refractivity contribution >= 4 is 17.5 Å². The molecule has 4 heteroatoms. The highest BCUT2D eigenvalue weighted by Crippen LogP contribution is 2.20. The molecular formula is C14H21ClN2O. The van der Waals surface area contributed by atoms with E-state index in [-0.39, 0.29) is 11.8 Å². The highest BCUT2D eigenvalue weighted by molar-refractivity contribution is 6.30. The molecule has 0 aliphatic carbocycles. The van der Waals surface area contributed by atoms with Gasteiger partial charge in [-0.05, 0) is 37.7 Å². The van der Waals surface area contributed by atoms with Gasteiger partial charge in [0.2, 0.25) is 5.91 Å². The van der Waals surface area contributed by atoms with Gasteiger partial charge in [-0.3, -0.25) is 4.79 Å². The summed E-state index contributed by atoms with van der Waals surface area (Å²) in [7, 11) is 3.98. The average Bonchev–Trinajstić information content (AvgIpc) is 2.29. The van der Waals surface area contributed by atoms with E-state index in [0.717, 1.165) is 17.1 Å². The van der Waals surface area contributed by atoms with E-state index in [0.29, 0.717) is 13.0 Å². The van der Waals surface area contributed by atoms with E-state index in [9.17, 15) is 4.79 Å². The molecule has 1 amide bonds. The monoisotopic (exact) mass is 268 g/mol. The molecule has 0 heterocycles. The van der Waals surface area contributed by atoms with Crippen LogP contribution in [0, 0.1) is 0 Å². The molecule has 0 aromatic heterocycles. The second kappa shape index (κ2) is 7.39. The Hall–Kier alpha value is -1.06. The smallest absolute Gasteiger partial charge is 0.220 e. The van der Waals surface area contributed by atoms with Crippen LogP contribution < -0.4 is 5.32 Å². The van der Waals surface area contributed by atoms with Crippen molar-refractivity contribution < 1.29 is 4.79 Å². The maximum Gasteiger partial charge on any atom is 0.220 e. The summed E-state index contributed by atoms with van der Waals surface area (Å²) in [6, 6.07) is 7.66. The molecule has 1 atom stereocenters. The number of nitrogens with zero attached hydrogens (tertiary/aromatic N) is 1. The Morgan fingerprint density at radius 2 is 1.94 bits per heavy atom. The summed E-state index contributed by atoms with van der Waals surface area (Å²) < 4.78 is 0. The third-order valence-corrected chi connectivity index (χ3v) is 3.06. The van der Waals surface area contributed by atoms with E-state index in [1.165, 1.54) is 0 Å². The molecule has 0 radical (unpaired) electrons. The van der Waals surface area contributed by atoms with Gasteiger partial charge in [-0.25, -0.2) is 0 Å². The van der Waals surface area contributed by atoms with Gasteiger partial charge in [-0.1, -0.05) is 30.7 Å². The summed E-state index contributed by atoms with van der Waals surface area (Å²) >= 11 is 5.84. The minimum atomic E-state index is 0.0966. The minimum Gasteiger partial charge on any atom is -0.355 e. The molecule has 1 rings (SSSR count). The van der Waals surface area contributed by atoms with Gasteiger partial charge in [0.05, 0.1) is 0 Å². The highest BCUT2D eigenvalue weighted by Gasteiger charge is 2.10. The Kier molecular flexibility index (Phi) is 6.16. The molecule has 1 aromatic rings. The lowest BCUT2D eigenvalue weighted by atomic mass is 9.97. The van der Waals surface area contributed by atoms with E-state index in [1.54, 1.807) is 0 Å². The van der Waals surface area contributed by atoms with Gasteiger partial charge in [0.1, 0.15) is 0 Å². The summed E-state index contributed by atoms with van der Waals surface area (Å²) in [6.07, 6.45) is 0.509. The molecular weight excluding hydrogens is 248 g/mol. The zero-order chi connectivity index (χ0) is 13.5. The number of halogens is 1. The molecule has 18 heavy (non-hydrogen) atoms. The van der Waals surface area contributed by atoms with Gasteiger partial charge in [0.25, 0.3) is 0 Å². The summed E-state index contributed by atoms with van der Waals surface area (Å²) in [4.78, 5) is 13.8. The Morgan fingerprint density at radius 3 is 2.50 bits per heavy atom. The van der Waals surface area contributed by atoms with Crippen molar-refractivity contribution in [3.05, 3.63) is 34.9 Å². The predicted octanol–water partition coefficient (Wildman–Crippen LogP) is 2.51. The summed E-state index contributed by atoms with van der Waals surface area (Å²) in [5, 5.41) is 3.64. The molecule has 0 spiro atoms. The number of carbonyl (C=O) groups is 1.